The third kappa shape index (κ3) is 3.96. The second kappa shape index (κ2) is 7.43. The summed E-state index contributed by atoms with van der Waals surface area (Å²) in [4.78, 5) is 12.1. The van der Waals surface area contributed by atoms with E-state index in [1.807, 2.05) is 6.08 Å². The Balaban J connectivity index is 2.61. The van der Waals surface area contributed by atoms with E-state index in [2.05, 4.69) is 19.6 Å². The summed E-state index contributed by atoms with van der Waals surface area (Å²) in [5.41, 5.74) is 1.11. The van der Waals surface area contributed by atoms with Gasteiger partial charge >= 0.3 is 0 Å². The van der Waals surface area contributed by atoms with E-state index in [1.54, 1.807) is 0 Å². The van der Waals surface area contributed by atoms with Crippen LogP contribution in [0, 0.1) is 5.92 Å². The fourth-order valence-corrected chi connectivity index (χ4v) is 2.52. The largest absolute Gasteiger partial charge is 0.295 e. The van der Waals surface area contributed by atoms with Crippen molar-refractivity contribution in [3.8, 4) is 0 Å². The Morgan fingerprint density at radius 2 is 2.00 bits per heavy atom. The summed E-state index contributed by atoms with van der Waals surface area (Å²) >= 11 is 0. The molecule has 0 atom stereocenters. The molecule has 0 heterocycles. The SMILES string of the molecule is C=CCCC(=O)/C(=C/CC)C1CCCCC1. The van der Waals surface area contributed by atoms with E-state index in [9.17, 15) is 4.79 Å². The summed E-state index contributed by atoms with van der Waals surface area (Å²) in [6.07, 6.45) is 12.8. The molecule has 0 unspecified atom stereocenters. The maximum Gasteiger partial charge on any atom is 0.159 e. The van der Waals surface area contributed by atoms with E-state index in [0.717, 1.165) is 18.4 Å². The molecule has 0 amide bonds. The summed E-state index contributed by atoms with van der Waals surface area (Å²) in [5.74, 6) is 0.902. The van der Waals surface area contributed by atoms with Crippen molar-refractivity contribution in [1.82, 2.24) is 0 Å². The van der Waals surface area contributed by atoms with Crippen molar-refractivity contribution in [2.75, 3.05) is 0 Å². The predicted octanol–water partition coefficient (Wildman–Crippen LogP) is 4.44. The van der Waals surface area contributed by atoms with E-state index >= 15 is 0 Å². The van der Waals surface area contributed by atoms with Crippen molar-refractivity contribution in [3.63, 3.8) is 0 Å². The van der Waals surface area contributed by atoms with E-state index in [4.69, 9.17) is 0 Å². The van der Waals surface area contributed by atoms with Gasteiger partial charge in [0.1, 0.15) is 0 Å². The average molecular weight is 220 g/mol. The van der Waals surface area contributed by atoms with Gasteiger partial charge in [-0.1, -0.05) is 38.3 Å². The Kier molecular flexibility index (Phi) is 6.14. The van der Waals surface area contributed by atoms with Gasteiger partial charge in [0, 0.05) is 6.42 Å². The minimum Gasteiger partial charge on any atom is -0.295 e. The number of hydrogen-bond acceptors (Lipinski definition) is 1. The highest BCUT2D eigenvalue weighted by Crippen LogP contribution is 2.31. The van der Waals surface area contributed by atoms with Gasteiger partial charge in [0.2, 0.25) is 0 Å². The van der Waals surface area contributed by atoms with Crippen molar-refractivity contribution in [2.45, 2.75) is 58.3 Å². The third-order valence-electron chi connectivity index (χ3n) is 3.37. The van der Waals surface area contributed by atoms with E-state index < -0.39 is 0 Å². The minimum absolute atomic E-state index is 0.355. The summed E-state index contributed by atoms with van der Waals surface area (Å²) in [7, 11) is 0. The van der Waals surface area contributed by atoms with Crippen LogP contribution < -0.4 is 0 Å². The Hall–Kier alpha value is -0.850. The van der Waals surface area contributed by atoms with Gasteiger partial charge in [0.15, 0.2) is 5.78 Å². The Labute approximate surface area is 99.6 Å². The van der Waals surface area contributed by atoms with Crippen molar-refractivity contribution >= 4 is 5.78 Å². The maximum absolute atomic E-state index is 12.1. The first-order chi connectivity index (χ1) is 7.79. The molecular formula is C15H24O. The number of carbonyl (C=O) groups is 1. The first-order valence-corrected chi connectivity index (χ1v) is 6.63. The highest BCUT2D eigenvalue weighted by atomic mass is 16.1. The molecule has 0 aromatic carbocycles. The van der Waals surface area contributed by atoms with Gasteiger partial charge in [-0.2, -0.15) is 0 Å². The highest BCUT2D eigenvalue weighted by molar-refractivity contribution is 5.95. The zero-order chi connectivity index (χ0) is 11.8. The molecule has 1 nitrogen and oxygen atoms in total. The molecule has 1 aliphatic carbocycles. The Bertz CT molecular complexity index is 257. The van der Waals surface area contributed by atoms with Crippen LogP contribution in [0.25, 0.3) is 0 Å². The standard InChI is InChI=1S/C15H24O/c1-3-5-12-15(16)14(9-4-2)13-10-7-6-8-11-13/h3,9,13H,1,4-8,10-12H2,2H3/b14-9+. The van der Waals surface area contributed by atoms with Crippen LogP contribution in [0.2, 0.25) is 0 Å². The molecule has 1 heteroatoms. The van der Waals surface area contributed by atoms with Crippen molar-refractivity contribution in [2.24, 2.45) is 5.92 Å². The molecule has 1 saturated carbocycles. The second-order valence-electron chi connectivity index (χ2n) is 4.65. The number of Topliss-reactive ketones (excluding diaryl/α,β-unsaturated/α-hetero) is 1. The molecule has 1 aliphatic rings. The quantitative estimate of drug-likeness (QED) is 0.478. The first kappa shape index (κ1) is 13.2. The van der Waals surface area contributed by atoms with E-state index in [-0.39, 0.29) is 0 Å². The summed E-state index contributed by atoms with van der Waals surface area (Å²) < 4.78 is 0. The van der Waals surface area contributed by atoms with E-state index in [1.165, 1.54) is 32.1 Å². The van der Waals surface area contributed by atoms with Crippen LogP contribution in [0.15, 0.2) is 24.3 Å². The van der Waals surface area contributed by atoms with Crippen molar-refractivity contribution in [3.05, 3.63) is 24.3 Å². The third-order valence-corrected chi connectivity index (χ3v) is 3.37. The van der Waals surface area contributed by atoms with Crippen molar-refractivity contribution < 1.29 is 4.79 Å². The topological polar surface area (TPSA) is 17.1 Å². The van der Waals surface area contributed by atoms with Gasteiger partial charge in [-0.15, -0.1) is 6.58 Å². The minimum atomic E-state index is 0.355. The van der Waals surface area contributed by atoms with Crippen LogP contribution in [0.1, 0.15) is 58.3 Å². The summed E-state index contributed by atoms with van der Waals surface area (Å²) in [6.45, 7) is 5.79. The molecule has 1 rings (SSSR count). The zero-order valence-corrected chi connectivity index (χ0v) is 10.5. The highest BCUT2D eigenvalue weighted by Gasteiger charge is 2.21. The van der Waals surface area contributed by atoms with Gasteiger partial charge in [-0.3, -0.25) is 4.79 Å². The van der Waals surface area contributed by atoms with Crippen LogP contribution in [-0.4, -0.2) is 5.78 Å². The van der Waals surface area contributed by atoms with Crippen molar-refractivity contribution in [1.29, 1.82) is 0 Å². The molecule has 0 saturated heterocycles. The van der Waals surface area contributed by atoms with Gasteiger partial charge < -0.3 is 0 Å². The first-order valence-electron chi connectivity index (χ1n) is 6.63. The van der Waals surface area contributed by atoms with Gasteiger partial charge in [-0.05, 0) is 37.2 Å². The maximum atomic E-state index is 12.1. The molecule has 0 bridgehead atoms. The molecule has 0 N–H and O–H groups in total. The smallest absolute Gasteiger partial charge is 0.159 e. The lowest BCUT2D eigenvalue weighted by molar-refractivity contribution is -0.116. The molecular weight excluding hydrogens is 196 g/mol. The Morgan fingerprint density at radius 1 is 1.31 bits per heavy atom. The van der Waals surface area contributed by atoms with Crippen LogP contribution >= 0.6 is 0 Å². The molecule has 16 heavy (non-hydrogen) atoms. The normalized spacial score (nSPS) is 18.4. The lowest BCUT2D eigenvalue weighted by atomic mass is 9.81. The number of hydrogen-bond donors (Lipinski definition) is 0. The number of carbonyl (C=O) groups excluding carboxylic acids is 1. The molecule has 90 valence electrons. The zero-order valence-electron chi connectivity index (χ0n) is 10.5. The fourth-order valence-electron chi connectivity index (χ4n) is 2.52. The number of rotatable bonds is 6. The molecule has 0 radical (unpaired) electrons. The summed E-state index contributed by atoms with van der Waals surface area (Å²) in [6, 6.07) is 0. The molecule has 1 fully saturated rings. The summed E-state index contributed by atoms with van der Waals surface area (Å²) in [5, 5.41) is 0. The molecule has 0 spiro atoms. The number of allylic oxidation sites excluding steroid dienone is 3. The van der Waals surface area contributed by atoms with Gasteiger partial charge in [0.25, 0.3) is 0 Å². The second-order valence-corrected chi connectivity index (χ2v) is 4.65. The van der Waals surface area contributed by atoms with Crippen LogP contribution in [0.3, 0.4) is 0 Å². The lowest BCUT2D eigenvalue weighted by Gasteiger charge is -2.23. The monoisotopic (exact) mass is 220 g/mol. The van der Waals surface area contributed by atoms with Crippen LogP contribution in [-0.2, 0) is 4.79 Å². The average Bonchev–Trinajstić information content (AvgIpc) is 2.34. The molecule has 0 aromatic rings. The van der Waals surface area contributed by atoms with E-state index in [0.29, 0.717) is 18.1 Å². The fraction of sp³-hybridized carbons (Fsp3) is 0.667. The predicted molar refractivity (Wildman–Crippen MR) is 69.4 cm³/mol. The van der Waals surface area contributed by atoms with Crippen LogP contribution in [0.4, 0.5) is 0 Å². The van der Waals surface area contributed by atoms with Gasteiger partial charge in [0.05, 0.1) is 0 Å². The van der Waals surface area contributed by atoms with Gasteiger partial charge in [-0.25, -0.2) is 0 Å². The van der Waals surface area contributed by atoms with Crippen LogP contribution in [0.5, 0.6) is 0 Å². The number of ketones is 1. The molecule has 0 aliphatic heterocycles. The lowest BCUT2D eigenvalue weighted by Crippen LogP contribution is -2.16. The Morgan fingerprint density at radius 3 is 2.56 bits per heavy atom. The molecule has 0 aromatic heterocycles.